The van der Waals surface area contributed by atoms with E-state index in [0.29, 0.717) is 0 Å². The first-order valence-corrected chi connectivity index (χ1v) is 6.83. The van der Waals surface area contributed by atoms with Gasteiger partial charge in [-0.05, 0) is 37.0 Å². The molecule has 2 rings (SSSR count). The van der Waals surface area contributed by atoms with E-state index in [1.165, 1.54) is 12.0 Å². The van der Waals surface area contributed by atoms with Gasteiger partial charge >= 0.3 is 0 Å². The Hall–Kier alpha value is -1.35. The number of hydrogen-bond donors (Lipinski definition) is 2. The Kier molecular flexibility index (Phi) is 4.02. The van der Waals surface area contributed by atoms with E-state index < -0.39 is 5.54 Å². The molecule has 18 heavy (non-hydrogen) atoms. The number of amides is 1. The summed E-state index contributed by atoms with van der Waals surface area (Å²) in [6.07, 6.45) is 5.90. The normalized spacial score (nSPS) is 18.3. The molecule has 0 radical (unpaired) electrons. The number of hydrogen-bond acceptors (Lipinski definition) is 2. The van der Waals surface area contributed by atoms with Crippen molar-refractivity contribution in [1.82, 2.24) is 0 Å². The molecule has 98 valence electrons. The van der Waals surface area contributed by atoms with Crippen LogP contribution in [0.1, 0.15) is 44.6 Å². The fourth-order valence-corrected chi connectivity index (χ4v) is 2.49. The Morgan fingerprint density at radius 2 is 1.83 bits per heavy atom. The van der Waals surface area contributed by atoms with E-state index >= 15 is 0 Å². The summed E-state index contributed by atoms with van der Waals surface area (Å²) in [6.45, 7) is 2.12. The van der Waals surface area contributed by atoms with Crippen LogP contribution in [-0.4, -0.2) is 11.4 Å². The van der Waals surface area contributed by atoms with Gasteiger partial charge in [-0.15, -0.1) is 0 Å². The van der Waals surface area contributed by atoms with Crippen molar-refractivity contribution >= 4 is 11.6 Å². The Bertz CT molecular complexity index is 405. The maximum atomic E-state index is 12.2. The van der Waals surface area contributed by atoms with Gasteiger partial charge in [-0.1, -0.05) is 38.3 Å². The molecule has 1 aromatic carbocycles. The second kappa shape index (κ2) is 5.53. The Morgan fingerprint density at radius 1 is 1.22 bits per heavy atom. The summed E-state index contributed by atoms with van der Waals surface area (Å²) in [7, 11) is 0. The smallest absolute Gasteiger partial charge is 0.244 e. The van der Waals surface area contributed by atoms with E-state index in [-0.39, 0.29) is 5.91 Å². The third-order valence-corrected chi connectivity index (χ3v) is 3.82. The topological polar surface area (TPSA) is 55.1 Å². The van der Waals surface area contributed by atoms with Crippen LogP contribution < -0.4 is 11.1 Å². The lowest BCUT2D eigenvalue weighted by Gasteiger charge is -2.31. The number of carbonyl (C=O) groups is 1. The van der Waals surface area contributed by atoms with Gasteiger partial charge in [0.25, 0.3) is 0 Å². The van der Waals surface area contributed by atoms with Gasteiger partial charge in [0.15, 0.2) is 0 Å². The molecule has 0 aliphatic heterocycles. The first-order valence-electron chi connectivity index (χ1n) is 6.83. The second-order valence-corrected chi connectivity index (χ2v) is 5.22. The van der Waals surface area contributed by atoms with Gasteiger partial charge in [-0.3, -0.25) is 4.79 Å². The molecule has 1 amide bonds. The molecule has 3 N–H and O–H groups in total. The third kappa shape index (κ3) is 2.91. The summed E-state index contributed by atoms with van der Waals surface area (Å²) in [6, 6.07) is 7.98. The molecular weight excluding hydrogens is 224 g/mol. The van der Waals surface area contributed by atoms with Crippen LogP contribution in [0.4, 0.5) is 5.69 Å². The van der Waals surface area contributed by atoms with E-state index in [4.69, 9.17) is 5.73 Å². The van der Waals surface area contributed by atoms with Crippen molar-refractivity contribution < 1.29 is 4.79 Å². The van der Waals surface area contributed by atoms with Crippen LogP contribution in [0.2, 0.25) is 0 Å². The average molecular weight is 246 g/mol. The van der Waals surface area contributed by atoms with E-state index in [0.717, 1.165) is 37.8 Å². The van der Waals surface area contributed by atoms with Crippen molar-refractivity contribution in [3.05, 3.63) is 29.8 Å². The lowest BCUT2D eigenvalue weighted by Crippen LogP contribution is -2.52. The Balaban J connectivity index is 2.01. The maximum Gasteiger partial charge on any atom is 0.244 e. The SMILES string of the molecule is CCc1ccc(NC(=O)C2(N)CCCCC2)cc1. The molecular formula is C15H22N2O. The molecule has 0 bridgehead atoms. The van der Waals surface area contributed by atoms with Crippen molar-refractivity contribution in [3.8, 4) is 0 Å². The van der Waals surface area contributed by atoms with Crippen molar-refractivity contribution in [1.29, 1.82) is 0 Å². The molecule has 3 heteroatoms. The number of rotatable bonds is 3. The number of anilines is 1. The molecule has 1 aliphatic rings. The highest BCUT2D eigenvalue weighted by atomic mass is 16.2. The monoisotopic (exact) mass is 246 g/mol. The van der Waals surface area contributed by atoms with E-state index in [1.54, 1.807) is 0 Å². The molecule has 1 aromatic rings. The largest absolute Gasteiger partial charge is 0.324 e. The minimum Gasteiger partial charge on any atom is -0.324 e. The highest BCUT2D eigenvalue weighted by Gasteiger charge is 2.35. The number of carbonyl (C=O) groups excluding carboxylic acids is 1. The fraction of sp³-hybridized carbons (Fsp3) is 0.533. The maximum absolute atomic E-state index is 12.2. The van der Waals surface area contributed by atoms with Gasteiger partial charge in [0.1, 0.15) is 0 Å². The van der Waals surface area contributed by atoms with Gasteiger partial charge < -0.3 is 11.1 Å². The molecule has 0 spiro atoms. The van der Waals surface area contributed by atoms with Crippen LogP contribution in [0.3, 0.4) is 0 Å². The zero-order valence-corrected chi connectivity index (χ0v) is 11.0. The zero-order chi connectivity index (χ0) is 13.0. The van der Waals surface area contributed by atoms with Crippen molar-refractivity contribution in [3.63, 3.8) is 0 Å². The second-order valence-electron chi connectivity index (χ2n) is 5.22. The third-order valence-electron chi connectivity index (χ3n) is 3.82. The molecule has 1 fully saturated rings. The summed E-state index contributed by atoms with van der Waals surface area (Å²) in [5, 5.41) is 2.94. The zero-order valence-electron chi connectivity index (χ0n) is 11.0. The highest BCUT2D eigenvalue weighted by molar-refractivity contribution is 5.98. The standard InChI is InChI=1S/C15H22N2O/c1-2-12-6-8-13(9-7-12)17-14(18)15(16)10-4-3-5-11-15/h6-9H,2-5,10-11,16H2,1H3,(H,17,18). The Morgan fingerprint density at radius 3 is 2.39 bits per heavy atom. The van der Waals surface area contributed by atoms with Gasteiger partial charge in [-0.25, -0.2) is 0 Å². The average Bonchev–Trinajstić information content (AvgIpc) is 2.40. The number of aryl methyl sites for hydroxylation is 1. The molecule has 0 atom stereocenters. The van der Waals surface area contributed by atoms with E-state index in [9.17, 15) is 4.79 Å². The quantitative estimate of drug-likeness (QED) is 0.861. The lowest BCUT2D eigenvalue weighted by molar-refractivity contribution is -0.122. The van der Waals surface area contributed by atoms with Crippen LogP contribution >= 0.6 is 0 Å². The van der Waals surface area contributed by atoms with Crippen LogP contribution in [0.25, 0.3) is 0 Å². The molecule has 1 saturated carbocycles. The predicted octanol–water partition coefficient (Wildman–Crippen LogP) is 2.85. The summed E-state index contributed by atoms with van der Waals surface area (Å²) >= 11 is 0. The van der Waals surface area contributed by atoms with E-state index in [1.807, 2.05) is 24.3 Å². The van der Waals surface area contributed by atoms with Crippen molar-refractivity contribution in [2.75, 3.05) is 5.32 Å². The minimum absolute atomic E-state index is 0.0357. The number of nitrogens with two attached hydrogens (primary N) is 1. The highest BCUT2D eigenvalue weighted by Crippen LogP contribution is 2.27. The van der Waals surface area contributed by atoms with Gasteiger partial charge in [0, 0.05) is 5.69 Å². The fourth-order valence-electron chi connectivity index (χ4n) is 2.49. The molecule has 0 saturated heterocycles. The number of nitrogens with one attached hydrogen (secondary N) is 1. The predicted molar refractivity (Wildman–Crippen MR) is 74.5 cm³/mol. The van der Waals surface area contributed by atoms with Gasteiger partial charge in [0.2, 0.25) is 5.91 Å². The van der Waals surface area contributed by atoms with Crippen LogP contribution in [-0.2, 0) is 11.2 Å². The van der Waals surface area contributed by atoms with E-state index in [2.05, 4.69) is 12.2 Å². The van der Waals surface area contributed by atoms with Crippen molar-refractivity contribution in [2.24, 2.45) is 5.73 Å². The molecule has 0 unspecified atom stereocenters. The molecule has 0 heterocycles. The summed E-state index contributed by atoms with van der Waals surface area (Å²) in [4.78, 5) is 12.2. The van der Waals surface area contributed by atoms with Gasteiger partial charge in [-0.2, -0.15) is 0 Å². The first kappa shape index (κ1) is 13.1. The van der Waals surface area contributed by atoms with Crippen LogP contribution in [0, 0.1) is 0 Å². The minimum atomic E-state index is -0.665. The summed E-state index contributed by atoms with van der Waals surface area (Å²) in [5.74, 6) is -0.0357. The number of benzene rings is 1. The summed E-state index contributed by atoms with van der Waals surface area (Å²) < 4.78 is 0. The first-order chi connectivity index (χ1) is 8.64. The molecule has 0 aromatic heterocycles. The van der Waals surface area contributed by atoms with Gasteiger partial charge in [0.05, 0.1) is 5.54 Å². The Labute approximate surface area is 109 Å². The summed E-state index contributed by atoms with van der Waals surface area (Å²) in [5.41, 5.74) is 7.64. The van der Waals surface area contributed by atoms with Crippen molar-refractivity contribution in [2.45, 2.75) is 51.0 Å². The van der Waals surface area contributed by atoms with Crippen LogP contribution in [0.5, 0.6) is 0 Å². The molecule has 1 aliphatic carbocycles. The van der Waals surface area contributed by atoms with Crippen LogP contribution in [0.15, 0.2) is 24.3 Å². The molecule has 3 nitrogen and oxygen atoms in total. The lowest BCUT2D eigenvalue weighted by atomic mass is 9.82.